The Balaban J connectivity index is 1.78. The lowest BCUT2D eigenvalue weighted by Crippen LogP contribution is -2.42. The molecule has 2 heterocycles. The van der Waals surface area contributed by atoms with Gasteiger partial charge in [-0.3, -0.25) is 29.0 Å². The summed E-state index contributed by atoms with van der Waals surface area (Å²) in [6.45, 7) is 4.28. The number of hydrogen-bond acceptors (Lipinski definition) is 5. The van der Waals surface area contributed by atoms with Crippen molar-refractivity contribution in [3.63, 3.8) is 0 Å². The second-order valence-electron chi connectivity index (χ2n) is 4.76. The molecule has 7 nitrogen and oxygen atoms in total. The molecule has 21 heavy (non-hydrogen) atoms. The van der Waals surface area contributed by atoms with Gasteiger partial charge < -0.3 is 4.90 Å². The van der Waals surface area contributed by atoms with Crippen LogP contribution in [0.15, 0.2) is 24.3 Å². The molecule has 2 aliphatic rings. The molecule has 0 aromatic heterocycles. The molecule has 0 aromatic rings. The maximum Gasteiger partial charge on any atom is 0.253 e. The van der Waals surface area contributed by atoms with Crippen molar-refractivity contribution in [3.8, 4) is 0 Å². The van der Waals surface area contributed by atoms with E-state index in [2.05, 4.69) is 0 Å². The summed E-state index contributed by atoms with van der Waals surface area (Å²) in [7, 11) is 0. The first-order chi connectivity index (χ1) is 10.0. The van der Waals surface area contributed by atoms with Gasteiger partial charge in [0.1, 0.15) is 0 Å². The van der Waals surface area contributed by atoms with E-state index in [0.29, 0.717) is 32.7 Å². The minimum absolute atomic E-state index is 0.301. The second kappa shape index (κ2) is 6.45. The minimum atomic E-state index is -0.301. The van der Waals surface area contributed by atoms with E-state index in [4.69, 9.17) is 0 Å². The van der Waals surface area contributed by atoms with Gasteiger partial charge in [0.25, 0.3) is 23.6 Å². The van der Waals surface area contributed by atoms with Crippen molar-refractivity contribution < 1.29 is 19.2 Å². The average molecular weight is 291 g/mol. The third-order valence-corrected chi connectivity index (χ3v) is 3.53. The van der Waals surface area contributed by atoms with Crippen molar-refractivity contribution in [3.05, 3.63) is 24.3 Å². The lowest BCUT2D eigenvalue weighted by molar-refractivity contribution is -0.137. The third-order valence-electron chi connectivity index (χ3n) is 3.53. The fourth-order valence-corrected chi connectivity index (χ4v) is 2.21. The summed E-state index contributed by atoms with van der Waals surface area (Å²) in [6.07, 6.45) is 5.02. The number of hydrogen-bond donors (Lipinski definition) is 0. The third kappa shape index (κ3) is 3.43. The number of carbonyl (C=O) groups is 4. The highest BCUT2D eigenvalue weighted by molar-refractivity contribution is 6.13. The molecule has 0 bridgehead atoms. The van der Waals surface area contributed by atoms with E-state index >= 15 is 0 Å². The number of likely N-dealkylation sites (N-methyl/N-ethyl adjacent to an activating group) is 1. The van der Waals surface area contributed by atoms with Gasteiger partial charge in [-0.15, -0.1) is 0 Å². The molecule has 0 aliphatic carbocycles. The molecule has 112 valence electrons. The zero-order valence-corrected chi connectivity index (χ0v) is 11.8. The van der Waals surface area contributed by atoms with Gasteiger partial charge in [0.05, 0.1) is 0 Å². The predicted octanol–water partition coefficient (Wildman–Crippen LogP) is -0.842. The highest BCUT2D eigenvalue weighted by Crippen LogP contribution is 2.05. The van der Waals surface area contributed by atoms with E-state index in [0.717, 1.165) is 0 Å². The summed E-state index contributed by atoms with van der Waals surface area (Å²) in [4.78, 5) is 50.1. The molecule has 0 radical (unpaired) electrons. The molecule has 0 saturated carbocycles. The number of nitrogens with zero attached hydrogens (tertiary/aromatic N) is 3. The Labute approximate surface area is 122 Å². The van der Waals surface area contributed by atoms with Gasteiger partial charge >= 0.3 is 0 Å². The first-order valence-electron chi connectivity index (χ1n) is 6.82. The summed E-state index contributed by atoms with van der Waals surface area (Å²) in [5.41, 5.74) is 0. The standard InChI is InChI=1S/C14H17N3O4/c1-2-15(7-9-16-11(18)3-4-12(16)19)8-10-17-13(20)5-6-14(17)21/h3-6H,2,7-10H2,1H3. The van der Waals surface area contributed by atoms with E-state index in [9.17, 15) is 19.2 Å². The molecule has 0 fully saturated rings. The normalized spacial score (nSPS) is 18.0. The summed E-state index contributed by atoms with van der Waals surface area (Å²) >= 11 is 0. The molecule has 7 heteroatoms. The van der Waals surface area contributed by atoms with E-state index in [1.54, 1.807) is 0 Å². The van der Waals surface area contributed by atoms with Gasteiger partial charge in [0.15, 0.2) is 0 Å². The van der Waals surface area contributed by atoms with Crippen LogP contribution < -0.4 is 0 Å². The zero-order chi connectivity index (χ0) is 15.4. The predicted molar refractivity (Wildman–Crippen MR) is 73.8 cm³/mol. The van der Waals surface area contributed by atoms with Crippen LogP contribution in [0.4, 0.5) is 0 Å². The Hall–Kier alpha value is -2.28. The summed E-state index contributed by atoms with van der Waals surface area (Å²) in [5, 5.41) is 0. The fourth-order valence-electron chi connectivity index (χ4n) is 2.21. The molecule has 0 atom stereocenters. The van der Waals surface area contributed by atoms with Crippen LogP contribution in [0.3, 0.4) is 0 Å². The van der Waals surface area contributed by atoms with Crippen molar-refractivity contribution in [2.45, 2.75) is 6.92 Å². The molecular formula is C14H17N3O4. The first kappa shape index (κ1) is 15.1. The number of carbonyl (C=O) groups excluding carboxylic acids is 4. The van der Waals surface area contributed by atoms with Gasteiger partial charge in [-0.1, -0.05) is 6.92 Å². The molecule has 0 saturated heterocycles. The Morgan fingerprint density at radius 3 is 1.38 bits per heavy atom. The molecular weight excluding hydrogens is 274 g/mol. The Morgan fingerprint density at radius 2 is 1.10 bits per heavy atom. The van der Waals surface area contributed by atoms with Crippen LogP contribution in [0, 0.1) is 0 Å². The van der Waals surface area contributed by atoms with Gasteiger partial charge in [-0.2, -0.15) is 0 Å². The van der Waals surface area contributed by atoms with E-state index in [1.807, 2.05) is 11.8 Å². The highest BCUT2D eigenvalue weighted by Gasteiger charge is 2.25. The van der Waals surface area contributed by atoms with Gasteiger partial charge in [-0.25, -0.2) is 0 Å². The van der Waals surface area contributed by atoms with E-state index < -0.39 is 0 Å². The monoisotopic (exact) mass is 291 g/mol. The smallest absolute Gasteiger partial charge is 0.253 e. The zero-order valence-electron chi connectivity index (χ0n) is 11.8. The SMILES string of the molecule is CCN(CCN1C(=O)C=CC1=O)CCN1C(=O)C=CC1=O. The Kier molecular flexibility index (Phi) is 4.64. The van der Waals surface area contributed by atoms with Crippen LogP contribution in [0.25, 0.3) is 0 Å². The topological polar surface area (TPSA) is 78.0 Å². The van der Waals surface area contributed by atoms with Crippen LogP contribution in [-0.2, 0) is 19.2 Å². The van der Waals surface area contributed by atoms with Gasteiger partial charge in [0, 0.05) is 50.5 Å². The van der Waals surface area contributed by atoms with Crippen LogP contribution in [0.1, 0.15) is 6.92 Å². The molecule has 4 amide bonds. The Bertz CT molecular complexity index is 456. The number of amides is 4. The van der Waals surface area contributed by atoms with Crippen LogP contribution in [0.5, 0.6) is 0 Å². The maximum absolute atomic E-state index is 11.4. The van der Waals surface area contributed by atoms with Crippen LogP contribution in [0.2, 0.25) is 0 Å². The number of imide groups is 2. The molecule has 2 rings (SSSR count). The van der Waals surface area contributed by atoms with Gasteiger partial charge in [0.2, 0.25) is 0 Å². The molecule has 0 spiro atoms. The van der Waals surface area contributed by atoms with Crippen LogP contribution in [-0.4, -0.2) is 71.1 Å². The van der Waals surface area contributed by atoms with Gasteiger partial charge in [-0.05, 0) is 6.54 Å². The van der Waals surface area contributed by atoms with Crippen molar-refractivity contribution in [2.75, 3.05) is 32.7 Å². The maximum atomic E-state index is 11.4. The van der Waals surface area contributed by atoms with Crippen LogP contribution >= 0.6 is 0 Å². The number of rotatable bonds is 7. The average Bonchev–Trinajstić information content (AvgIpc) is 2.95. The van der Waals surface area contributed by atoms with E-state index in [1.165, 1.54) is 34.1 Å². The summed E-state index contributed by atoms with van der Waals surface area (Å²) in [6, 6.07) is 0. The second-order valence-corrected chi connectivity index (χ2v) is 4.76. The molecule has 2 aliphatic heterocycles. The quantitative estimate of drug-likeness (QED) is 0.571. The largest absolute Gasteiger partial charge is 0.300 e. The first-order valence-corrected chi connectivity index (χ1v) is 6.82. The van der Waals surface area contributed by atoms with E-state index in [-0.39, 0.29) is 23.6 Å². The Morgan fingerprint density at radius 1 is 0.762 bits per heavy atom. The molecule has 0 unspecified atom stereocenters. The highest BCUT2D eigenvalue weighted by atomic mass is 16.2. The minimum Gasteiger partial charge on any atom is -0.300 e. The lowest BCUT2D eigenvalue weighted by atomic mass is 10.4. The molecule has 0 aromatic carbocycles. The van der Waals surface area contributed by atoms with Crippen molar-refractivity contribution in [1.82, 2.24) is 14.7 Å². The summed E-state index contributed by atoms with van der Waals surface area (Å²) in [5.74, 6) is -1.20. The summed E-state index contributed by atoms with van der Waals surface area (Å²) < 4.78 is 0. The molecule has 0 N–H and O–H groups in total. The lowest BCUT2D eigenvalue weighted by Gasteiger charge is -2.25. The van der Waals surface area contributed by atoms with Crippen molar-refractivity contribution in [2.24, 2.45) is 0 Å². The van der Waals surface area contributed by atoms with Crippen molar-refractivity contribution >= 4 is 23.6 Å². The van der Waals surface area contributed by atoms with Crippen molar-refractivity contribution in [1.29, 1.82) is 0 Å². The fraction of sp³-hybridized carbons (Fsp3) is 0.429.